The Morgan fingerprint density at radius 2 is 2.32 bits per heavy atom. The zero-order valence-corrected chi connectivity index (χ0v) is 12.5. The minimum Gasteiger partial charge on any atom is -0.508 e. The first-order valence-corrected chi connectivity index (χ1v) is 7.42. The molecule has 0 saturated heterocycles. The minimum absolute atomic E-state index is 0.0571. The second-order valence-corrected chi connectivity index (χ2v) is 5.57. The first-order valence-electron chi connectivity index (χ1n) is 6.61. The average Bonchev–Trinajstić information content (AvgIpc) is 2.96. The molecule has 6 nitrogen and oxygen atoms in total. The second kappa shape index (κ2) is 5.78. The Morgan fingerprint density at radius 1 is 1.50 bits per heavy atom. The summed E-state index contributed by atoms with van der Waals surface area (Å²) in [6.07, 6.45) is 1.92. The minimum atomic E-state index is -1.21. The van der Waals surface area contributed by atoms with Crippen LogP contribution in [0.3, 0.4) is 0 Å². The van der Waals surface area contributed by atoms with Crippen LogP contribution in [0.2, 0.25) is 0 Å². The first kappa shape index (κ1) is 14.6. The molecule has 114 valence electrons. The summed E-state index contributed by atoms with van der Waals surface area (Å²) in [5.74, 6) is 0.00320. The van der Waals surface area contributed by atoms with E-state index in [0.717, 1.165) is 11.3 Å². The van der Waals surface area contributed by atoms with Gasteiger partial charge in [-0.15, -0.1) is 11.3 Å². The van der Waals surface area contributed by atoms with E-state index in [0.29, 0.717) is 26.8 Å². The SMILES string of the molecule is CCOC(=O)c1cnc(C2=Cc3ccc(O)cc3OC2O)s1. The molecule has 1 unspecified atom stereocenters. The Labute approximate surface area is 130 Å². The Morgan fingerprint density at radius 3 is 3.09 bits per heavy atom. The van der Waals surface area contributed by atoms with E-state index in [-0.39, 0.29) is 12.4 Å². The van der Waals surface area contributed by atoms with E-state index in [1.54, 1.807) is 19.1 Å². The van der Waals surface area contributed by atoms with E-state index < -0.39 is 12.3 Å². The number of benzene rings is 1. The number of esters is 1. The number of aliphatic hydroxyl groups excluding tert-OH is 1. The van der Waals surface area contributed by atoms with Gasteiger partial charge in [0, 0.05) is 11.6 Å². The topological polar surface area (TPSA) is 88.9 Å². The molecule has 2 heterocycles. The summed E-state index contributed by atoms with van der Waals surface area (Å²) in [6.45, 7) is 2.02. The van der Waals surface area contributed by atoms with Crippen molar-refractivity contribution in [1.82, 2.24) is 4.98 Å². The molecule has 0 fully saturated rings. The molecule has 1 aliphatic heterocycles. The molecule has 2 N–H and O–H groups in total. The lowest BCUT2D eigenvalue weighted by Crippen LogP contribution is -2.20. The molecule has 1 atom stereocenters. The average molecular weight is 319 g/mol. The van der Waals surface area contributed by atoms with E-state index in [9.17, 15) is 15.0 Å². The van der Waals surface area contributed by atoms with E-state index in [2.05, 4.69) is 4.98 Å². The van der Waals surface area contributed by atoms with Crippen molar-refractivity contribution in [2.45, 2.75) is 13.2 Å². The summed E-state index contributed by atoms with van der Waals surface area (Å²) in [6, 6.07) is 4.63. The van der Waals surface area contributed by atoms with Gasteiger partial charge in [0.1, 0.15) is 21.4 Å². The number of hydrogen-bond donors (Lipinski definition) is 2. The summed E-state index contributed by atoms with van der Waals surface area (Å²) in [4.78, 5) is 16.2. The van der Waals surface area contributed by atoms with Crippen molar-refractivity contribution < 1.29 is 24.5 Å². The number of aliphatic hydroxyl groups is 1. The van der Waals surface area contributed by atoms with Gasteiger partial charge >= 0.3 is 5.97 Å². The van der Waals surface area contributed by atoms with Crippen LogP contribution < -0.4 is 4.74 Å². The number of phenolic OH excluding ortho intramolecular Hbond substituents is 1. The first-order chi connectivity index (χ1) is 10.6. The van der Waals surface area contributed by atoms with Crippen LogP contribution in [0.25, 0.3) is 11.6 Å². The van der Waals surface area contributed by atoms with Crippen molar-refractivity contribution >= 4 is 29.0 Å². The smallest absolute Gasteiger partial charge is 0.349 e. The summed E-state index contributed by atoms with van der Waals surface area (Å²) < 4.78 is 10.3. The highest BCUT2D eigenvalue weighted by atomic mass is 32.1. The van der Waals surface area contributed by atoms with Gasteiger partial charge in [-0.25, -0.2) is 9.78 Å². The number of aromatic nitrogens is 1. The van der Waals surface area contributed by atoms with Crippen LogP contribution >= 0.6 is 11.3 Å². The molecule has 3 rings (SSSR count). The van der Waals surface area contributed by atoms with Gasteiger partial charge in [0.05, 0.1) is 18.4 Å². The number of nitrogens with zero attached hydrogens (tertiary/aromatic N) is 1. The maximum absolute atomic E-state index is 11.7. The summed E-state index contributed by atoms with van der Waals surface area (Å²) in [7, 11) is 0. The highest BCUT2D eigenvalue weighted by Gasteiger charge is 2.25. The molecule has 0 spiro atoms. The summed E-state index contributed by atoms with van der Waals surface area (Å²) in [5, 5.41) is 20.0. The summed E-state index contributed by atoms with van der Waals surface area (Å²) in [5.41, 5.74) is 1.17. The highest BCUT2D eigenvalue weighted by molar-refractivity contribution is 7.14. The van der Waals surface area contributed by atoms with Gasteiger partial charge in [0.25, 0.3) is 0 Å². The number of hydrogen-bond acceptors (Lipinski definition) is 7. The molecule has 0 saturated carbocycles. The molecule has 2 aromatic rings. The third kappa shape index (κ3) is 2.68. The van der Waals surface area contributed by atoms with Gasteiger partial charge < -0.3 is 19.7 Å². The number of phenols is 1. The van der Waals surface area contributed by atoms with E-state index in [4.69, 9.17) is 9.47 Å². The number of carbonyl (C=O) groups is 1. The quantitative estimate of drug-likeness (QED) is 0.844. The third-order valence-corrected chi connectivity index (χ3v) is 4.07. The monoisotopic (exact) mass is 319 g/mol. The van der Waals surface area contributed by atoms with E-state index in [1.165, 1.54) is 18.3 Å². The largest absolute Gasteiger partial charge is 0.508 e. The van der Waals surface area contributed by atoms with E-state index >= 15 is 0 Å². The molecule has 1 aliphatic rings. The molecule has 0 aliphatic carbocycles. The van der Waals surface area contributed by atoms with Crippen molar-refractivity contribution in [3.63, 3.8) is 0 Å². The highest BCUT2D eigenvalue weighted by Crippen LogP contribution is 2.36. The van der Waals surface area contributed by atoms with Crippen molar-refractivity contribution in [2.24, 2.45) is 0 Å². The molecule has 0 radical (unpaired) electrons. The van der Waals surface area contributed by atoms with Gasteiger partial charge in [0.15, 0.2) is 0 Å². The normalized spacial score (nSPS) is 16.5. The lowest BCUT2D eigenvalue weighted by molar-refractivity contribution is 0.0318. The Bertz CT molecular complexity index is 752. The molecule has 1 aromatic carbocycles. The van der Waals surface area contributed by atoms with Gasteiger partial charge in [-0.05, 0) is 25.1 Å². The Balaban J connectivity index is 1.94. The lowest BCUT2D eigenvalue weighted by Gasteiger charge is -2.22. The van der Waals surface area contributed by atoms with Crippen LogP contribution in [0.4, 0.5) is 0 Å². The maximum atomic E-state index is 11.7. The Kier molecular flexibility index (Phi) is 3.82. The predicted octanol–water partition coefficient (Wildman–Crippen LogP) is 2.28. The van der Waals surface area contributed by atoms with Crippen molar-refractivity contribution in [3.05, 3.63) is 39.8 Å². The fraction of sp³-hybridized carbons (Fsp3) is 0.200. The van der Waals surface area contributed by atoms with Gasteiger partial charge in [-0.1, -0.05) is 0 Å². The van der Waals surface area contributed by atoms with Crippen LogP contribution in [-0.2, 0) is 4.74 Å². The molecule has 22 heavy (non-hydrogen) atoms. The predicted molar refractivity (Wildman–Crippen MR) is 80.7 cm³/mol. The van der Waals surface area contributed by atoms with Gasteiger partial charge in [0.2, 0.25) is 6.29 Å². The van der Waals surface area contributed by atoms with Crippen molar-refractivity contribution in [2.75, 3.05) is 6.61 Å². The van der Waals surface area contributed by atoms with Crippen molar-refractivity contribution in [3.8, 4) is 11.5 Å². The fourth-order valence-electron chi connectivity index (χ4n) is 2.04. The number of aromatic hydroxyl groups is 1. The van der Waals surface area contributed by atoms with Crippen LogP contribution in [0.5, 0.6) is 11.5 Å². The molecule has 1 aromatic heterocycles. The molecule has 0 bridgehead atoms. The van der Waals surface area contributed by atoms with Crippen LogP contribution in [0.15, 0.2) is 24.4 Å². The molecular weight excluding hydrogens is 306 g/mol. The second-order valence-electron chi connectivity index (χ2n) is 4.54. The number of carbonyl (C=O) groups excluding carboxylic acids is 1. The van der Waals surface area contributed by atoms with Gasteiger partial charge in [-0.2, -0.15) is 0 Å². The standard InChI is InChI=1S/C15H13NO5S/c1-2-20-15(19)12-7-16-13(22-12)10-5-8-3-4-9(17)6-11(8)21-14(10)18/h3-7,14,17-18H,2H2,1H3. The van der Waals surface area contributed by atoms with Crippen molar-refractivity contribution in [1.29, 1.82) is 0 Å². The lowest BCUT2D eigenvalue weighted by atomic mass is 10.1. The zero-order valence-electron chi connectivity index (χ0n) is 11.6. The van der Waals surface area contributed by atoms with Crippen LogP contribution in [0.1, 0.15) is 27.2 Å². The molecule has 7 heteroatoms. The fourth-order valence-corrected chi connectivity index (χ4v) is 2.88. The van der Waals surface area contributed by atoms with Gasteiger partial charge in [-0.3, -0.25) is 0 Å². The maximum Gasteiger partial charge on any atom is 0.349 e. The number of thiazole rings is 1. The molecular formula is C15H13NO5S. The number of ether oxygens (including phenoxy) is 2. The third-order valence-electron chi connectivity index (χ3n) is 3.04. The Hall–Kier alpha value is -2.38. The van der Waals surface area contributed by atoms with Crippen LogP contribution in [-0.4, -0.2) is 34.1 Å². The summed E-state index contributed by atoms with van der Waals surface area (Å²) >= 11 is 1.13. The number of fused-ring (bicyclic) bond motifs is 1. The number of rotatable bonds is 3. The van der Waals surface area contributed by atoms with Crippen LogP contribution in [0, 0.1) is 0 Å². The molecule has 0 amide bonds. The zero-order chi connectivity index (χ0) is 15.7. The van der Waals surface area contributed by atoms with E-state index in [1.807, 2.05) is 0 Å².